The van der Waals surface area contributed by atoms with Gasteiger partial charge in [-0.1, -0.05) is 6.92 Å². The highest BCUT2D eigenvalue weighted by Gasteiger charge is 2.73. The number of alkyl halides is 6. The Kier molecular flexibility index (Phi) is 7.86. The number of hydrogen-bond donors (Lipinski definition) is 1. The highest BCUT2D eigenvalue weighted by atomic mass is 32.2. The second-order valence-electron chi connectivity index (χ2n) is 7.20. The molecular weight excluding hydrogens is 416 g/mol. The molecule has 0 aromatic carbocycles. The number of hydrogen-bond acceptors (Lipinski definition) is 4. The highest BCUT2D eigenvalue weighted by Crippen LogP contribution is 2.52. The number of aliphatic hydroxyl groups is 1. The van der Waals surface area contributed by atoms with E-state index < -0.39 is 64.3 Å². The maximum Gasteiger partial charge on any atom is 0.426 e. The predicted molar refractivity (Wildman–Crippen MR) is 89.8 cm³/mol. The van der Waals surface area contributed by atoms with Crippen molar-refractivity contribution in [3.63, 3.8) is 0 Å². The van der Waals surface area contributed by atoms with Crippen LogP contribution in [-0.2, 0) is 14.8 Å². The van der Waals surface area contributed by atoms with Crippen molar-refractivity contribution < 1.29 is 44.6 Å². The van der Waals surface area contributed by atoms with E-state index in [1.54, 1.807) is 6.92 Å². The molecule has 0 radical (unpaired) electrons. The van der Waals surface area contributed by atoms with Crippen LogP contribution < -0.4 is 0 Å². The molecule has 0 aromatic heterocycles. The Bertz CT molecular complexity index is 600. The van der Waals surface area contributed by atoms with Gasteiger partial charge in [-0.15, -0.1) is 0 Å². The monoisotopic (exact) mass is 443 g/mol. The average molecular weight is 443 g/mol. The molecule has 1 N–H and O–H groups in total. The fourth-order valence-corrected chi connectivity index (χ4v) is 5.57. The zero-order valence-electron chi connectivity index (χ0n) is 16.1. The Morgan fingerprint density at radius 2 is 1.46 bits per heavy atom. The topological polar surface area (TPSA) is 66.8 Å². The molecule has 1 saturated carbocycles. The first-order valence-corrected chi connectivity index (χ1v) is 10.5. The van der Waals surface area contributed by atoms with Gasteiger partial charge in [0, 0.05) is 19.1 Å². The van der Waals surface area contributed by atoms with Crippen LogP contribution in [0.25, 0.3) is 0 Å². The third-order valence-corrected chi connectivity index (χ3v) is 8.12. The van der Waals surface area contributed by atoms with Gasteiger partial charge in [-0.3, -0.25) is 0 Å². The van der Waals surface area contributed by atoms with Crippen molar-refractivity contribution in [1.29, 1.82) is 0 Å². The first kappa shape index (κ1) is 25.4. The molecule has 1 aliphatic carbocycles. The molecule has 0 aliphatic heterocycles. The summed E-state index contributed by atoms with van der Waals surface area (Å²) in [4.78, 5) is 0. The van der Waals surface area contributed by atoms with Gasteiger partial charge in [0.25, 0.3) is 5.60 Å². The number of sulfonamides is 1. The largest absolute Gasteiger partial charge is 0.426 e. The van der Waals surface area contributed by atoms with Crippen LogP contribution in [0, 0.1) is 5.92 Å². The Balaban J connectivity index is 3.14. The molecule has 2 atom stereocenters. The summed E-state index contributed by atoms with van der Waals surface area (Å²) in [5.41, 5.74) is -4.82. The van der Waals surface area contributed by atoms with Crippen LogP contribution >= 0.6 is 0 Å². The second kappa shape index (κ2) is 8.65. The average Bonchev–Trinajstić information content (AvgIpc) is 2.58. The van der Waals surface area contributed by atoms with E-state index in [1.807, 2.05) is 0 Å². The van der Waals surface area contributed by atoms with Gasteiger partial charge in [-0.25, -0.2) is 8.42 Å². The summed E-state index contributed by atoms with van der Waals surface area (Å²) in [6.07, 6.45) is -14.1. The molecule has 1 aliphatic rings. The van der Waals surface area contributed by atoms with Gasteiger partial charge in [0.15, 0.2) is 0 Å². The number of ether oxygens (including phenoxy) is 1. The summed E-state index contributed by atoms with van der Waals surface area (Å²) in [6, 6.07) is -0.809. The quantitative estimate of drug-likeness (QED) is 0.480. The fraction of sp³-hybridized carbons (Fsp3) is 1.00. The third kappa shape index (κ3) is 4.59. The Morgan fingerprint density at radius 3 is 1.79 bits per heavy atom. The van der Waals surface area contributed by atoms with E-state index in [0.29, 0.717) is 0 Å². The third-order valence-electron chi connectivity index (χ3n) is 5.59. The lowest BCUT2D eigenvalue weighted by Gasteiger charge is -2.44. The molecule has 0 saturated heterocycles. The second-order valence-corrected chi connectivity index (χ2v) is 9.45. The lowest BCUT2D eigenvalue weighted by Crippen LogP contribution is -2.63. The molecule has 1 rings (SSSR count). The predicted octanol–water partition coefficient (Wildman–Crippen LogP) is 3.82. The number of halogens is 6. The van der Waals surface area contributed by atoms with E-state index >= 15 is 0 Å². The van der Waals surface area contributed by atoms with Crippen LogP contribution in [0.4, 0.5) is 26.3 Å². The molecule has 12 heteroatoms. The molecule has 5 nitrogen and oxygen atoms in total. The standard InChI is InChI=1S/C16H27F6NO4S/c1-5-10(2)28(25,26)23(11(3)27-4)13-8-6-12(7-9-13)14(24,15(17,18)19)16(20,21)22/h10-13,24H,5-9H2,1-4H3. The van der Waals surface area contributed by atoms with Crippen molar-refractivity contribution in [3.05, 3.63) is 0 Å². The van der Waals surface area contributed by atoms with E-state index in [2.05, 4.69) is 0 Å². The smallest absolute Gasteiger partial charge is 0.373 e. The number of rotatable bonds is 7. The normalized spacial score (nSPS) is 25.0. The number of methoxy groups -OCH3 is 1. The minimum absolute atomic E-state index is 0.248. The molecule has 0 heterocycles. The summed E-state index contributed by atoms with van der Waals surface area (Å²) in [5.74, 6) is -2.10. The van der Waals surface area contributed by atoms with Crippen LogP contribution in [0.15, 0.2) is 0 Å². The van der Waals surface area contributed by atoms with Gasteiger partial charge in [0.05, 0.1) is 5.25 Å². The van der Waals surface area contributed by atoms with Gasteiger partial charge < -0.3 is 9.84 Å². The maximum absolute atomic E-state index is 13.1. The van der Waals surface area contributed by atoms with Crippen molar-refractivity contribution in [2.24, 2.45) is 5.92 Å². The van der Waals surface area contributed by atoms with Crippen molar-refractivity contribution >= 4 is 10.0 Å². The molecule has 0 aromatic rings. The van der Waals surface area contributed by atoms with E-state index in [4.69, 9.17) is 4.74 Å². The molecule has 28 heavy (non-hydrogen) atoms. The number of nitrogens with zero attached hydrogens (tertiary/aromatic N) is 1. The van der Waals surface area contributed by atoms with Gasteiger partial charge in [-0.2, -0.15) is 30.6 Å². The fourth-order valence-electron chi connectivity index (χ4n) is 3.61. The lowest BCUT2D eigenvalue weighted by molar-refractivity contribution is -0.387. The molecule has 168 valence electrons. The lowest BCUT2D eigenvalue weighted by atomic mass is 9.74. The molecule has 0 bridgehead atoms. The van der Waals surface area contributed by atoms with Crippen LogP contribution in [0.5, 0.6) is 0 Å². The van der Waals surface area contributed by atoms with Crippen molar-refractivity contribution in [2.75, 3.05) is 7.11 Å². The van der Waals surface area contributed by atoms with Crippen LogP contribution in [-0.4, -0.2) is 60.4 Å². The zero-order valence-corrected chi connectivity index (χ0v) is 17.0. The van der Waals surface area contributed by atoms with Crippen molar-refractivity contribution in [1.82, 2.24) is 4.31 Å². The van der Waals surface area contributed by atoms with E-state index in [-0.39, 0.29) is 19.3 Å². The van der Waals surface area contributed by atoms with Gasteiger partial charge >= 0.3 is 12.4 Å². The van der Waals surface area contributed by atoms with E-state index in [0.717, 1.165) is 4.31 Å². The Morgan fingerprint density at radius 1 is 1.04 bits per heavy atom. The Labute approximate surface area is 161 Å². The summed E-state index contributed by atoms with van der Waals surface area (Å²) >= 11 is 0. The summed E-state index contributed by atoms with van der Waals surface area (Å²) < 4.78 is 110. The molecule has 2 unspecified atom stereocenters. The van der Waals surface area contributed by atoms with Crippen LogP contribution in [0.3, 0.4) is 0 Å². The van der Waals surface area contributed by atoms with Crippen molar-refractivity contribution in [2.45, 2.75) is 88.3 Å². The van der Waals surface area contributed by atoms with Crippen LogP contribution in [0.2, 0.25) is 0 Å². The first-order valence-electron chi connectivity index (χ1n) is 8.96. The zero-order chi connectivity index (χ0) is 22.1. The highest BCUT2D eigenvalue weighted by molar-refractivity contribution is 7.89. The van der Waals surface area contributed by atoms with E-state index in [1.165, 1.54) is 21.0 Å². The summed E-state index contributed by atoms with van der Waals surface area (Å²) in [7, 11) is -2.61. The van der Waals surface area contributed by atoms with Crippen LogP contribution in [0.1, 0.15) is 52.9 Å². The molecule has 0 amide bonds. The maximum atomic E-state index is 13.1. The molecule has 0 spiro atoms. The van der Waals surface area contributed by atoms with Gasteiger partial charge in [0.2, 0.25) is 10.0 Å². The minimum Gasteiger partial charge on any atom is -0.373 e. The molecule has 1 fully saturated rings. The van der Waals surface area contributed by atoms with Crippen molar-refractivity contribution in [3.8, 4) is 0 Å². The first-order chi connectivity index (χ1) is 12.6. The SMILES string of the molecule is CCC(C)S(=O)(=O)N(C1CCC(C(O)(C(F)(F)F)C(F)(F)F)CC1)C(C)OC. The van der Waals surface area contributed by atoms with Gasteiger partial charge in [0.1, 0.15) is 6.23 Å². The van der Waals surface area contributed by atoms with E-state index in [9.17, 15) is 39.9 Å². The summed E-state index contributed by atoms with van der Waals surface area (Å²) in [6.45, 7) is 4.58. The van der Waals surface area contributed by atoms with Gasteiger partial charge in [-0.05, 0) is 46.0 Å². The Hall–Kier alpha value is -0.590. The molecular formula is C16H27F6NO4S. The summed E-state index contributed by atoms with van der Waals surface area (Å²) in [5, 5.41) is 8.78. The minimum atomic E-state index is -5.88.